The third kappa shape index (κ3) is 7.56. The predicted molar refractivity (Wildman–Crippen MR) is 119 cm³/mol. The summed E-state index contributed by atoms with van der Waals surface area (Å²) in [5.74, 6) is 0.0257. The van der Waals surface area contributed by atoms with E-state index in [0.29, 0.717) is 16.3 Å². The molecule has 2 aromatic rings. The third-order valence-corrected chi connectivity index (χ3v) is 4.32. The first kappa shape index (κ1) is 22.4. The zero-order chi connectivity index (χ0) is 21.2. The number of carbonyl (C=O) groups is 2. The van der Waals surface area contributed by atoms with Gasteiger partial charge in [-0.1, -0.05) is 61.8 Å². The molecular weight excluding hydrogens is 410 g/mol. The van der Waals surface area contributed by atoms with Gasteiger partial charge in [-0.25, -0.2) is 0 Å². The number of rotatable bonds is 6. The number of ether oxygens (including phenoxy) is 1. The SMILES string of the molecule is CC(C)c1ccccc1OCC(=O)NNC(=S)NC(=O)/C=C/c1ccccc1Cl. The number of nitrogens with one attached hydrogen (secondary N) is 3. The molecule has 0 spiro atoms. The fraction of sp³-hybridized carbons (Fsp3) is 0.190. The minimum absolute atomic E-state index is 0.0465. The number of benzene rings is 2. The molecule has 29 heavy (non-hydrogen) atoms. The number of hydrazine groups is 1. The number of halogens is 1. The molecular formula is C21H22ClN3O3S. The van der Waals surface area contributed by atoms with Gasteiger partial charge in [0.25, 0.3) is 5.91 Å². The maximum Gasteiger partial charge on any atom is 0.276 e. The molecule has 152 valence electrons. The molecule has 0 atom stereocenters. The summed E-state index contributed by atoms with van der Waals surface area (Å²) in [5, 5.41) is 2.90. The highest BCUT2D eigenvalue weighted by molar-refractivity contribution is 7.80. The van der Waals surface area contributed by atoms with E-state index in [1.807, 2.05) is 44.2 Å². The smallest absolute Gasteiger partial charge is 0.276 e. The Kier molecular flexibility index (Phi) is 8.64. The Bertz CT molecular complexity index is 916. The van der Waals surface area contributed by atoms with Gasteiger partial charge in [0, 0.05) is 11.1 Å². The number of hydrogen-bond acceptors (Lipinski definition) is 4. The highest BCUT2D eigenvalue weighted by Gasteiger charge is 2.09. The first-order valence-electron chi connectivity index (χ1n) is 8.91. The van der Waals surface area contributed by atoms with Crippen LogP contribution in [0.2, 0.25) is 5.02 Å². The van der Waals surface area contributed by atoms with Crippen LogP contribution in [0.25, 0.3) is 6.08 Å². The van der Waals surface area contributed by atoms with Crippen LogP contribution >= 0.6 is 23.8 Å². The summed E-state index contributed by atoms with van der Waals surface area (Å²) in [6.07, 6.45) is 2.86. The highest BCUT2D eigenvalue weighted by atomic mass is 35.5. The van der Waals surface area contributed by atoms with E-state index in [-0.39, 0.29) is 17.6 Å². The molecule has 0 radical (unpaired) electrons. The minimum atomic E-state index is -0.459. The number of para-hydroxylation sites is 1. The standard InChI is InChI=1S/C21H22ClN3O3S/c1-14(2)16-8-4-6-10-18(16)28-13-20(27)24-25-21(29)23-19(26)12-11-15-7-3-5-9-17(15)22/h3-12,14H,13H2,1-2H3,(H,24,27)(H2,23,25,26,29)/b12-11+. The Hall–Kier alpha value is -2.90. The Morgan fingerprint density at radius 3 is 2.52 bits per heavy atom. The summed E-state index contributed by atoms with van der Waals surface area (Å²) in [7, 11) is 0. The molecule has 0 aromatic heterocycles. The van der Waals surface area contributed by atoms with Crippen LogP contribution in [-0.2, 0) is 9.59 Å². The van der Waals surface area contributed by atoms with Crippen molar-refractivity contribution in [3.8, 4) is 5.75 Å². The molecule has 0 aliphatic carbocycles. The zero-order valence-corrected chi connectivity index (χ0v) is 17.6. The van der Waals surface area contributed by atoms with Gasteiger partial charge in [-0.2, -0.15) is 0 Å². The largest absolute Gasteiger partial charge is 0.483 e. The van der Waals surface area contributed by atoms with Gasteiger partial charge in [-0.3, -0.25) is 25.8 Å². The average molecular weight is 432 g/mol. The van der Waals surface area contributed by atoms with Crippen molar-refractivity contribution in [2.24, 2.45) is 0 Å². The van der Waals surface area contributed by atoms with Crippen LogP contribution in [0.15, 0.2) is 54.6 Å². The van der Waals surface area contributed by atoms with Crippen molar-refractivity contribution >= 4 is 46.8 Å². The average Bonchev–Trinajstić information content (AvgIpc) is 2.70. The lowest BCUT2D eigenvalue weighted by molar-refractivity contribution is -0.123. The topological polar surface area (TPSA) is 79.5 Å². The molecule has 3 N–H and O–H groups in total. The monoisotopic (exact) mass is 431 g/mol. The molecule has 0 aliphatic rings. The van der Waals surface area contributed by atoms with Crippen molar-refractivity contribution in [1.82, 2.24) is 16.2 Å². The van der Waals surface area contributed by atoms with Crippen LogP contribution in [0.5, 0.6) is 5.75 Å². The van der Waals surface area contributed by atoms with Crippen molar-refractivity contribution in [2.75, 3.05) is 6.61 Å². The van der Waals surface area contributed by atoms with Gasteiger partial charge in [-0.05, 0) is 47.5 Å². The van der Waals surface area contributed by atoms with E-state index < -0.39 is 11.8 Å². The number of thiocarbonyl (C=S) groups is 1. The number of carbonyl (C=O) groups excluding carboxylic acids is 2. The molecule has 0 heterocycles. The fourth-order valence-electron chi connectivity index (χ4n) is 2.36. The molecule has 0 unspecified atom stereocenters. The fourth-order valence-corrected chi connectivity index (χ4v) is 2.71. The van der Waals surface area contributed by atoms with Crippen molar-refractivity contribution in [3.63, 3.8) is 0 Å². The molecule has 6 nitrogen and oxygen atoms in total. The van der Waals surface area contributed by atoms with E-state index in [1.165, 1.54) is 6.08 Å². The second-order valence-electron chi connectivity index (χ2n) is 6.33. The zero-order valence-electron chi connectivity index (χ0n) is 16.1. The summed E-state index contributed by atoms with van der Waals surface area (Å²) in [4.78, 5) is 23.8. The van der Waals surface area contributed by atoms with Gasteiger partial charge in [0.15, 0.2) is 11.7 Å². The predicted octanol–water partition coefficient (Wildman–Crippen LogP) is 3.58. The van der Waals surface area contributed by atoms with Gasteiger partial charge in [0.05, 0.1) is 0 Å². The van der Waals surface area contributed by atoms with Crippen molar-refractivity contribution in [2.45, 2.75) is 19.8 Å². The first-order chi connectivity index (χ1) is 13.9. The molecule has 0 saturated heterocycles. The second kappa shape index (κ2) is 11.2. The van der Waals surface area contributed by atoms with Crippen LogP contribution in [0.1, 0.15) is 30.9 Å². The van der Waals surface area contributed by atoms with Crippen LogP contribution in [0, 0.1) is 0 Å². The van der Waals surface area contributed by atoms with Gasteiger partial charge >= 0.3 is 0 Å². The minimum Gasteiger partial charge on any atom is -0.483 e. The molecule has 2 amide bonds. The molecule has 0 bridgehead atoms. The lowest BCUT2D eigenvalue weighted by Crippen LogP contribution is -2.49. The third-order valence-electron chi connectivity index (χ3n) is 3.77. The second-order valence-corrected chi connectivity index (χ2v) is 7.14. The summed E-state index contributed by atoms with van der Waals surface area (Å²) in [5.41, 5.74) is 6.55. The lowest BCUT2D eigenvalue weighted by Gasteiger charge is -2.14. The number of hydrogen-bond donors (Lipinski definition) is 3. The quantitative estimate of drug-likeness (QED) is 0.370. The maximum absolute atomic E-state index is 11.9. The summed E-state index contributed by atoms with van der Waals surface area (Å²) >= 11 is 11.0. The van der Waals surface area contributed by atoms with Crippen molar-refractivity contribution in [1.29, 1.82) is 0 Å². The van der Waals surface area contributed by atoms with Gasteiger partial charge in [0.1, 0.15) is 5.75 Å². The highest BCUT2D eigenvalue weighted by Crippen LogP contribution is 2.25. The molecule has 0 aliphatic heterocycles. The van der Waals surface area contributed by atoms with E-state index in [0.717, 1.165) is 5.56 Å². The Morgan fingerprint density at radius 1 is 1.10 bits per heavy atom. The van der Waals surface area contributed by atoms with Gasteiger partial charge in [0.2, 0.25) is 5.91 Å². The van der Waals surface area contributed by atoms with E-state index >= 15 is 0 Å². The van der Waals surface area contributed by atoms with Crippen LogP contribution < -0.4 is 20.9 Å². The molecule has 0 fully saturated rings. The van der Waals surface area contributed by atoms with E-state index in [9.17, 15) is 9.59 Å². The van der Waals surface area contributed by atoms with Crippen LogP contribution in [0.3, 0.4) is 0 Å². The molecule has 2 rings (SSSR count). The summed E-state index contributed by atoms with van der Waals surface area (Å²) in [6, 6.07) is 14.6. The normalized spacial score (nSPS) is 10.6. The molecule has 0 saturated carbocycles. The Labute approximate surface area is 180 Å². The summed E-state index contributed by atoms with van der Waals surface area (Å²) < 4.78 is 5.57. The van der Waals surface area contributed by atoms with Crippen LogP contribution in [-0.4, -0.2) is 23.5 Å². The number of amides is 2. The Morgan fingerprint density at radius 2 is 1.79 bits per heavy atom. The maximum atomic E-state index is 11.9. The van der Waals surface area contributed by atoms with E-state index in [4.69, 9.17) is 28.6 Å². The Balaban J connectivity index is 1.75. The molecule has 2 aromatic carbocycles. The van der Waals surface area contributed by atoms with Crippen molar-refractivity contribution in [3.05, 3.63) is 70.8 Å². The van der Waals surface area contributed by atoms with Crippen LogP contribution in [0.4, 0.5) is 0 Å². The van der Waals surface area contributed by atoms with Gasteiger partial charge < -0.3 is 4.74 Å². The molecule has 8 heteroatoms. The first-order valence-corrected chi connectivity index (χ1v) is 9.69. The van der Waals surface area contributed by atoms with Gasteiger partial charge in [-0.15, -0.1) is 0 Å². The lowest BCUT2D eigenvalue weighted by atomic mass is 10.0. The van der Waals surface area contributed by atoms with E-state index in [1.54, 1.807) is 24.3 Å². The van der Waals surface area contributed by atoms with E-state index in [2.05, 4.69) is 16.2 Å². The van der Waals surface area contributed by atoms with Crippen molar-refractivity contribution < 1.29 is 14.3 Å². The summed E-state index contributed by atoms with van der Waals surface area (Å²) in [6.45, 7) is 3.90.